The summed E-state index contributed by atoms with van der Waals surface area (Å²) in [6.45, 7) is 5.08. The molecule has 4 rings (SSSR count). The van der Waals surface area contributed by atoms with E-state index in [-0.39, 0.29) is 4.90 Å². The molecule has 0 fully saturated rings. The van der Waals surface area contributed by atoms with Crippen LogP contribution in [0.15, 0.2) is 82.8 Å². The predicted molar refractivity (Wildman–Crippen MR) is 158 cm³/mol. The minimum Gasteiger partial charge on any atom is -0.318 e. The second-order valence-electron chi connectivity index (χ2n) is 8.84. The molecule has 0 atom stereocenters. The fourth-order valence-corrected chi connectivity index (χ4v) is 6.37. The maximum Gasteiger partial charge on any atom is 0.264 e. The molecular weight excluding hydrogens is 579 g/mol. The van der Waals surface area contributed by atoms with Crippen LogP contribution in [-0.4, -0.2) is 31.7 Å². The van der Waals surface area contributed by atoms with E-state index in [9.17, 15) is 13.2 Å². The van der Waals surface area contributed by atoms with E-state index in [0.29, 0.717) is 26.3 Å². The second-order valence-corrected chi connectivity index (χ2v) is 12.0. The number of carbonyl (C=O) groups is 1. The molecular formula is C28H25Cl3N4O3S. The van der Waals surface area contributed by atoms with E-state index in [4.69, 9.17) is 34.8 Å². The molecule has 3 aromatic carbocycles. The lowest BCUT2D eigenvalue weighted by Gasteiger charge is -2.25. The van der Waals surface area contributed by atoms with Crippen LogP contribution < -0.4 is 9.73 Å². The third-order valence-electron chi connectivity index (χ3n) is 6.03. The molecule has 1 amide bonds. The zero-order valence-corrected chi connectivity index (χ0v) is 24.4. The van der Waals surface area contributed by atoms with E-state index < -0.39 is 22.5 Å². The van der Waals surface area contributed by atoms with Gasteiger partial charge in [-0.15, -0.1) is 0 Å². The van der Waals surface area contributed by atoms with Gasteiger partial charge in [-0.05, 0) is 74.9 Å². The van der Waals surface area contributed by atoms with Crippen LogP contribution in [0.3, 0.4) is 0 Å². The van der Waals surface area contributed by atoms with Crippen molar-refractivity contribution in [3.05, 3.63) is 110 Å². The molecule has 4 aromatic rings. The van der Waals surface area contributed by atoms with Gasteiger partial charge in [0, 0.05) is 37.7 Å². The highest BCUT2D eigenvalue weighted by molar-refractivity contribution is 7.92. The summed E-state index contributed by atoms with van der Waals surface area (Å²) in [5.74, 6) is -0.624. The summed E-state index contributed by atoms with van der Waals surface area (Å²) in [4.78, 5) is 13.0. The molecule has 202 valence electrons. The standard InChI is InChI=1S/C28H25Cl3N4O3S/c1-18-9-10-22(29)15-27(18)34(39(37,38)26-7-5-4-6-8-26)17-28(36)33-32-16-21-11-19(2)35(20(21)3)25-13-23(30)12-24(31)14-25/h4-16H,17H2,1-3H3,(H,33,36)/b32-16+. The monoisotopic (exact) mass is 602 g/mol. The number of carbonyl (C=O) groups excluding carboxylic acids is 1. The average molecular weight is 604 g/mol. The van der Waals surface area contributed by atoms with E-state index >= 15 is 0 Å². The largest absolute Gasteiger partial charge is 0.318 e. The fraction of sp³-hybridized carbons (Fsp3) is 0.143. The van der Waals surface area contributed by atoms with Gasteiger partial charge in [-0.1, -0.05) is 59.1 Å². The van der Waals surface area contributed by atoms with Gasteiger partial charge in [0.05, 0.1) is 16.8 Å². The smallest absolute Gasteiger partial charge is 0.264 e. The van der Waals surface area contributed by atoms with Gasteiger partial charge in [0.15, 0.2) is 0 Å². The van der Waals surface area contributed by atoms with E-state index in [1.54, 1.807) is 55.5 Å². The molecule has 39 heavy (non-hydrogen) atoms. The summed E-state index contributed by atoms with van der Waals surface area (Å²) < 4.78 is 30.1. The number of aromatic nitrogens is 1. The summed E-state index contributed by atoms with van der Waals surface area (Å²) in [5, 5.41) is 5.46. The number of sulfonamides is 1. The number of hydrogen-bond acceptors (Lipinski definition) is 4. The number of aryl methyl sites for hydroxylation is 2. The zero-order valence-electron chi connectivity index (χ0n) is 21.3. The first-order chi connectivity index (χ1) is 18.5. The quantitative estimate of drug-likeness (QED) is 0.180. The van der Waals surface area contributed by atoms with Gasteiger partial charge in [0.25, 0.3) is 15.9 Å². The van der Waals surface area contributed by atoms with Gasteiger partial charge in [-0.25, -0.2) is 13.8 Å². The minimum atomic E-state index is -4.08. The highest BCUT2D eigenvalue weighted by Crippen LogP contribution is 2.29. The number of hydrogen-bond donors (Lipinski definition) is 1. The van der Waals surface area contributed by atoms with Crippen LogP contribution in [0.4, 0.5) is 5.69 Å². The Kier molecular flexibility index (Phi) is 8.71. The summed E-state index contributed by atoms with van der Waals surface area (Å²) in [6, 6.07) is 19.9. The summed E-state index contributed by atoms with van der Waals surface area (Å²) in [5.41, 5.74) is 6.70. The molecule has 0 spiro atoms. The molecule has 0 aliphatic carbocycles. The Morgan fingerprint density at radius 1 is 0.923 bits per heavy atom. The van der Waals surface area contributed by atoms with Crippen LogP contribution in [-0.2, 0) is 14.8 Å². The number of rotatable bonds is 8. The van der Waals surface area contributed by atoms with E-state index in [0.717, 1.165) is 26.9 Å². The van der Waals surface area contributed by atoms with Crippen molar-refractivity contribution in [3.8, 4) is 5.69 Å². The van der Waals surface area contributed by atoms with Crippen molar-refractivity contribution in [2.45, 2.75) is 25.7 Å². The van der Waals surface area contributed by atoms with E-state index in [1.807, 2.05) is 24.5 Å². The summed E-state index contributed by atoms with van der Waals surface area (Å²) in [6.07, 6.45) is 1.50. The van der Waals surface area contributed by atoms with Crippen molar-refractivity contribution in [2.75, 3.05) is 10.8 Å². The lowest BCUT2D eigenvalue weighted by atomic mass is 10.2. The SMILES string of the molecule is Cc1ccc(Cl)cc1N(CC(=O)N/N=C/c1cc(C)n(-c2cc(Cl)cc(Cl)c2)c1C)S(=O)(=O)c1ccccc1. The van der Waals surface area contributed by atoms with Crippen LogP contribution >= 0.6 is 34.8 Å². The van der Waals surface area contributed by atoms with Crippen molar-refractivity contribution >= 4 is 62.6 Å². The van der Waals surface area contributed by atoms with Gasteiger partial charge in [0.2, 0.25) is 0 Å². The fourth-order valence-electron chi connectivity index (χ4n) is 4.19. The van der Waals surface area contributed by atoms with Gasteiger partial charge < -0.3 is 4.57 Å². The van der Waals surface area contributed by atoms with Crippen LogP contribution in [0.25, 0.3) is 5.69 Å². The maximum absolute atomic E-state index is 13.5. The second kappa shape index (κ2) is 11.8. The molecule has 1 aromatic heterocycles. The molecule has 0 bridgehead atoms. The number of amides is 1. The number of anilines is 1. The molecule has 1 heterocycles. The first-order valence-corrected chi connectivity index (χ1v) is 14.4. The van der Waals surface area contributed by atoms with Crippen molar-refractivity contribution in [1.82, 2.24) is 9.99 Å². The molecule has 0 saturated carbocycles. The first kappa shape index (κ1) is 28.7. The van der Waals surface area contributed by atoms with Gasteiger partial charge in [0.1, 0.15) is 6.54 Å². The predicted octanol–water partition coefficient (Wildman–Crippen LogP) is 6.71. The summed E-state index contributed by atoms with van der Waals surface area (Å²) >= 11 is 18.5. The topological polar surface area (TPSA) is 83.8 Å². The number of nitrogens with zero attached hydrogens (tertiary/aromatic N) is 3. The lowest BCUT2D eigenvalue weighted by molar-refractivity contribution is -0.119. The number of halogens is 3. The van der Waals surface area contributed by atoms with E-state index in [1.165, 1.54) is 24.4 Å². The number of nitrogens with one attached hydrogen (secondary N) is 1. The van der Waals surface area contributed by atoms with Crippen LogP contribution in [0.5, 0.6) is 0 Å². The molecule has 0 radical (unpaired) electrons. The molecule has 0 aliphatic heterocycles. The third-order valence-corrected chi connectivity index (χ3v) is 8.47. The average Bonchev–Trinajstić information content (AvgIpc) is 3.16. The highest BCUT2D eigenvalue weighted by Gasteiger charge is 2.28. The Balaban J connectivity index is 1.58. The third kappa shape index (κ3) is 6.47. The Morgan fingerprint density at radius 2 is 1.59 bits per heavy atom. The first-order valence-electron chi connectivity index (χ1n) is 11.8. The maximum atomic E-state index is 13.5. The van der Waals surface area contributed by atoms with Crippen molar-refractivity contribution in [3.63, 3.8) is 0 Å². The van der Waals surface area contributed by atoms with Crippen LogP contribution in [0, 0.1) is 20.8 Å². The van der Waals surface area contributed by atoms with Crippen LogP contribution in [0.1, 0.15) is 22.5 Å². The van der Waals surface area contributed by atoms with Crippen molar-refractivity contribution in [2.24, 2.45) is 5.10 Å². The normalized spacial score (nSPS) is 11.6. The Labute approximate surface area is 242 Å². The number of benzene rings is 3. The Hall–Kier alpha value is -3.30. The Morgan fingerprint density at radius 3 is 2.26 bits per heavy atom. The zero-order chi connectivity index (χ0) is 28.3. The number of hydrazone groups is 1. The van der Waals surface area contributed by atoms with Gasteiger partial charge >= 0.3 is 0 Å². The molecule has 0 saturated heterocycles. The van der Waals surface area contributed by atoms with E-state index in [2.05, 4.69) is 10.5 Å². The lowest BCUT2D eigenvalue weighted by Crippen LogP contribution is -2.40. The molecule has 11 heteroatoms. The highest BCUT2D eigenvalue weighted by atomic mass is 35.5. The van der Waals surface area contributed by atoms with Crippen molar-refractivity contribution < 1.29 is 13.2 Å². The Bertz CT molecular complexity index is 1650. The molecule has 0 unspecified atom stereocenters. The van der Waals surface area contributed by atoms with Gasteiger partial charge in [-0.3, -0.25) is 9.10 Å². The molecule has 0 aliphatic rings. The van der Waals surface area contributed by atoms with Crippen LogP contribution in [0.2, 0.25) is 15.1 Å². The van der Waals surface area contributed by atoms with Gasteiger partial charge in [-0.2, -0.15) is 5.10 Å². The molecule has 7 nitrogen and oxygen atoms in total. The minimum absolute atomic E-state index is 0.0502. The summed E-state index contributed by atoms with van der Waals surface area (Å²) in [7, 11) is -4.08. The molecule has 1 N–H and O–H groups in total. The van der Waals surface area contributed by atoms with Crippen molar-refractivity contribution in [1.29, 1.82) is 0 Å².